The number of methoxy groups -OCH3 is 1. The topological polar surface area (TPSA) is 26.3 Å². The number of hydrogen-bond donors (Lipinski definition) is 0. The second-order valence-corrected chi connectivity index (χ2v) is 3.46. The van der Waals surface area contributed by atoms with Crippen molar-refractivity contribution in [2.75, 3.05) is 13.0 Å². The molecular formula is C8H10O2S. The van der Waals surface area contributed by atoms with Gasteiger partial charge in [0.1, 0.15) is 5.94 Å². The van der Waals surface area contributed by atoms with Crippen molar-refractivity contribution in [2.45, 2.75) is 4.90 Å². The van der Waals surface area contributed by atoms with E-state index in [1.807, 2.05) is 30.3 Å². The molecule has 0 aromatic heterocycles. The third-order valence-electron chi connectivity index (χ3n) is 1.23. The Bertz CT molecular complexity index is 233. The molecule has 0 spiro atoms. The molecule has 0 amide bonds. The summed E-state index contributed by atoms with van der Waals surface area (Å²) >= 11 is 0. The summed E-state index contributed by atoms with van der Waals surface area (Å²) in [5, 5.41) is 0. The van der Waals surface area contributed by atoms with Gasteiger partial charge < -0.3 is 4.74 Å². The van der Waals surface area contributed by atoms with E-state index in [-0.39, 0.29) is 5.94 Å². The van der Waals surface area contributed by atoms with Gasteiger partial charge in [0.2, 0.25) is 0 Å². The predicted molar refractivity (Wildman–Crippen MR) is 44.7 cm³/mol. The summed E-state index contributed by atoms with van der Waals surface area (Å²) in [4.78, 5) is 0.814. The Morgan fingerprint density at radius 3 is 2.55 bits per heavy atom. The number of ether oxygens (including phenoxy) is 1. The van der Waals surface area contributed by atoms with Crippen LogP contribution in [0.3, 0.4) is 0 Å². The summed E-state index contributed by atoms with van der Waals surface area (Å²) in [6.07, 6.45) is 0. The SMILES string of the molecule is COCS(=O)c1ccccc1. The van der Waals surface area contributed by atoms with Gasteiger partial charge in [-0.05, 0) is 12.1 Å². The van der Waals surface area contributed by atoms with Crippen molar-refractivity contribution in [1.29, 1.82) is 0 Å². The van der Waals surface area contributed by atoms with Crippen molar-refractivity contribution in [1.82, 2.24) is 0 Å². The summed E-state index contributed by atoms with van der Waals surface area (Å²) in [6, 6.07) is 9.28. The lowest BCUT2D eigenvalue weighted by atomic mass is 10.4. The van der Waals surface area contributed by atoms with E-state index in [1.165, 1.54) is 0 Å². The minimum absolute atomic E-state index is 0.268. The lowest BCUT2D eigenvalue weighted by Gasteiger charge is -1.98. The number of benzene rings is 1. The van der Waals surface area contributed by atoms with Crippen molar-refractivity contribution in [2.24, 2.45) is 0 Å². The first kappa shape index (κ1) is 8.43. The highest BCUT2D eigenvalue weighted by Crippen LogP contribution is 2.04. The van der Waals surface area contributed by atoms with Crippen LogP contribution in [-0.2, 0) is 15.5 Å². The van der Waals surface area contributed by atoms with Crippen molar-refractivity contribution in [3.8, 4) is 0 Å². The summed E-state index contributed by atoms with van der Waals surface area (Å²) in [5.74, 6) is 0.268. The lowest BCUT2D eigenvalue weighted by molar-refractivity contribution is 0.254. The Hall–Kier alpha value is -0.670. The van der Waals surface area contributed by atoms with Crippen LogP contribution >= 0.6 is 0 Å². The van der Waals surface area contributed by atoms with Gasteiger partial charge in [0.25, 0.3) is 0 Å². The summed E-state index contributed by atoms with van der Waals surface area (Å²) in [5.41, 5.74) is 0. The van der Waals surface area contributed by atoms with E-state index in [0.717, 1.165) is 4.90 Å². The zero-order valence-electron chi connectivity index (χ0n) is 6.32. The largest absolute Gasteiger partial charge is 0.371 e. The van der Waals surface area contributed by atoms with E-state index < -0.39 is 10.8 Å². The molecule has 0 fully saturated rings. The minimum atomic E-state index is -1.01. The van der Waals surface area contributed by atoms with Gasteiger partial charge in [-0.25, -0.2) is 0 Å². The molecule has 1 rings (SSSR count). The molecule has 0 saturated carbocycles. The van der Waals surface area contributed by atoms with Gasteiger partial charge in [0, 0.05) is 12.0 Å². The van der Waals surface area contributed by atoms with Crippen LogP contribution in [0.5, 0.6) is 0 Å². The lowest BCUT2D eigenvalue weighted by Crippen LogP contribution is -1.98. The molecule has 0 saturated heterocycles. The van der Waals surface area contributed by atoms with Crippen LogP contribution in [0.25, 0.3) is 0 Å². The third kappa shape index (κ3) is 2.44. The van der Waals surface area contributed by atoms with Crippen molar-refractivity contribution >= 4 is 10.8 Å². The van der Waals surface area contributed by atoms with E-state index in [2.05, 4.69) is 0 Å². The van der Waals surface area contributed by atoms with Gasteiger partial charge in [-0.3, -0.25) is 4.21 Å². The first-order chi connectivity index (χ1) is 5.34. The fraction of sp³-hybridized carbons (Fsp3) is 0.250. The van der Waals surface area contributed by atoms with Crippen LogP contribution in [0.1, 0.15) is 0 Å². The van der Waals surface area contributed by atoms with E-state index in [9.17, 15) is 4.21 Å². The van der Waals surface area contributed by atoms with Crippen LogP contribution in [-0.4, -0.2) is 17.3 Å². The highest BCUT2D eigenvalue weighted by Gasteiger charge is 1.99. The maximum atomic E-state index is 11.2. The Balaban J connectivity index is 2.69. The number of rotatable bonds is 3. The standard InChI is InChI=1S/C8H10O2S/c1-10-7-11(9)8-5-3-2-4-6-8/h2-6H,7H2,1H3. The fourth-order valence-corrected chi connectivity index (χ4v) is 1.56. The van der Waals surface area contributed by atoms with Crippen LogP contribution in [0, 0.1) is 0 Å². The summed E-state index contributed by atoms with van der Waals surface area (Å²) in [6.45, 7) is 0. The molecule has 1 aromatic rings. The highest BCUT2D eigenvalue weighted by atomic mass is 32.2. The molecule has 1 atom stereocenters. The first-order valence-corrected chi connectivity index (χ1v) is 4.59. The molecule has 2 nitrogen and oxygen atoms in total. The fourth-order valence-electron chi connectivity index (χ4n) is 0.747. The monoisotopic (exact) mass is 170 g/mol. The normalized spacial score (nSPS) is 12.8. The molecule has 0 N–H and O–H groups in total. The van der Waals surface area contributed by atoms with Crippen LogP contribution < -0.4 is 0 Å². The summed E-state index contributed by atoms with van der Waals surface area (Å²) < 4.78 is 16.0. The van der Waals surface area contributed by atoms with Crippen molar-refractivity contribution in [3.63, 3.8) is 0 Å². The van der Waals surface area contributed by atoms with Gasteiger partial charge in [0.05, 0.1) is 10.8 Å². The zero-order valence-corrected chi connectivity index (χ0v) is 7.14. The molecule has 1 unspecified atom stereocenters. The van der Waals surface area contributed by atoms with Crippen molar-refractivity contribution < 1.29 is 8.95 Å². The van der Waals surface area contributed by atoms with Gasteiger partial charge >= 0.3 is 0 Å². The molecule has 0 radical (unpaired) electrons. The maximum Gasteiger partial charge on any atom is 0.126 e. The zero-order chi connectivity index (χ0) is 8.10. The van der Waals surface area contributed by atoms with Gasteiger partial charge in [-0.2, -0.15) is 0 Å². The first-order valence-electron chi connectivity index (χ1n) is 3.27. The molecule has 60 valence electrons. The van der Waals surface area contributed by atoms with E-state index in [0.29, 0.717) is 0 Å². The van der Waals surface area contributed by atoms with Gasteiger partial charge in [-0.1, -0.05) is 18.2 Å². The van der Waals surface area contributed by atoms with Crippen LogP contribution in [0.4, 0.5) is 0 Å². The van der Waals surface area contributed by atoms with E-state index in [4.69, 9.17) is 4.74 Å². The average Bonchev–Trinajstić information content (AvgIpc) is 2.07. The molecule has 11 heavy (non-hydrogen) atoms. The molecule has 0 aliphatic heterocycles. The third-order valence-corrected chi connectivity index (χ3v) is 2.48. The van der Waals surface area contributed by atoms with Crippen LogP contribution in [0.2, 0.25) is 0 Å². The van der Waals surface area contributed by atoms with Crippen molar-refractivity contribution in [3.05, 3.63) is 30.3 Å². The molecule has 0 bridgehead atoms. The predicted octanol–water partition coefficient (Wildman–Crippen LogP) is 1.40. The van der Waals surface area contributed by atoms with Gasteiger partial charge in [-0.15, -0.1) is 0 Å². The molecule has 0 heterocycles. The average molecular weight is 170 g/mol. The molecule has 3 heteroatoms. The smallest absolute Gasteiger partial charge is 0.126 e. The minimum Gasteiger partial charge on any atom is -0.371 e. The molecular weight excluding hydrogens is 160 g/mol. The summed E-state index contributed by atoms with van der Waals surface area (Å²) in [7, 11) is 0.537. The molecule has 0 aliphatic rings. The highest BCUT2D eigenvalue weighted by molar-refractivity contribution is 7.84. The Morgan fingerprint density at radius 2 is 2.00 bits per heavy atom. The number of hydrogen-bond acceptors (Lipinski definition) is 2. The second kappa shape index (κ2) is 4.26. The Morgan fingerprint density at radius 1 is 1.36 bits per heavy atom. The Kier molecular flexibility index (Phi) is 3.26. The molecule has 0 aliphatic carbocycles. The Labute approximate surface area is 68.6 Å². The van der Waals surface area contributed by atoms with E-state index >= 15 is 0 Å². The van der Waals surface area contributed by atoms with Gasteiger partial charge in [0.15, 0.2) is 0 Å². The van der Waals surface area contributed by atoms with Crippen LogP contribution in [0.15, 0.2) is 35.2 Å². The maximum absolute atomic E-state index is 11.2. The van der Waals surface area contributed by atoms with E-state index in [1.54, 1.807) is 7.11 Å². The molecule has 1 aromatic carbocycles. The quantitative estimate of drug-likeness (QED) is 0.685. The second-order valence-electron chi connectivity index (χ2n) is 2.07.